The second kappa shape index (κ2) is 4.17. The monoisotopic (exact) mass is 276 g/mol. The van der Waals surface area contributed by atoms with Gasteiger partial charge in [-0.05, 0) is 6.07 Å². The summed E-state index contributed by atoms with van der Waals surface area (Å²) in [5, 5.41) is 2.90. The van der Waals surface area contributed by atoms with Crippen LogP contribution >= 0.6 is 23.2 Å². The van der Waals surface area contributed by atoms with Crippen molar-refractivity contribution in [2.45, 2.75) is 11.5 Å². The van der Waals surface area contributed by atoms with Crippen molar-refractivity contribution in [3.63, 3.8) is 0 Å². The number of nitrogens with zero attached hydrogens (tertiary/aromatic N) is 1. The third-order valence-corrected chi connectivity index (χ3v) is 2.84. The van der Waals surface area contributed by atoms with Gasteiger partial charge in [-0.1, -0.05) is 23.2 Å². The van der Waals surface area contributed by atoms with Crippen molar-refractivity contribution in [2.75, 3.05) is 0 Å². The zero-order valence-electron chi connectivity index (χ0n) is 6.92. The zero-order valence-corrected chi connectivity index (χ0v) is 9.24. The van der Waals surface area contributed by atoms with Gasteiger partial charge in [-0.15, -0.1) is 0 Å². The molecule has 2 N–H and O–H groups in total. The molecule has 0 radical (unpaired) electrons. The number of hydrogen-bond acceptors (Lipinski definition) is 3. The van der Waals surface area contributed by atoms with E-state index in [2.05, 4.69) is 4.98 Å². The van der Waals surface area contributed by atoms with E-state index >= 15 is 0 Å². The van der Waals surface area contributed by atoms with Crippen LogP contribution in [0, 0.1) is 0 Å². The summed E-state index contributed by atoms with van der Waals surface area (Å²) in [5.41, 5.74) is -0.717. The fourth-order valence-electron chi connectivity index (χ4n) is 0.814. The van der Waals surface area contributed by atoms with Gasteiger partial charge in [0, 0.05) is 0 Å². The van der Waals surface area contributed by atoms with Crippen molar-refractivity contribution in [3.8, 4) is 0 Å². The van der Waals surface area contributed by atoms with E-state index in [4.69, 9.17) is 28.3 Å². The topological polar surface area (TPSA) is 73.1 Å². The number of alkyl halides is 2. The smallest absolute Gasteiger partial charge is 0.223 e. The van der Waals surface area contributed by atoms with Crippen molar-refractivity contribution in [3.05, 3.63) is 21.8 Å². The Morgan fingerprint density at radius 2 is 1.93 bits per heavy atom. The first-order valence-corrected chi connectivity index (χ1v) is 5.70. The second-order valence-corrected chi connectivity index (χ2v) is 4.77. The number of aromatic nitrogens is 1. The number of pyridine rings is 1. The van der Waals surface area contributed by atoms with E-state index in [1.807, 2.05) is 0 Å². The average molecular weight is 277 g/mol. The maximum absolute atomic E-state index is 12.3. The van der Waals surface area contributed by atoms with Crippen LogP contribution in [0.5, 0.6) is 0 Å². The molecule has 0 bridgehead atoms. The summed E-state index contributed by atoms with van der Waals surface area (Å²) in [6.07, 6.45) is -2.94. The van der Waals surface area contributed by atoms with Gasteiger partial charge in [-0.25, -0.2) is 27.3 Å². The fraction of sp³-hybridized carbons (Fsp3) is 0.167. The number of hydrogen-bond donors (Lipinski definition) is 1. The first kappa shape index (κ1) is 12.6. The summed E-state index contributed by atoms with van der Waals surface area (Å²) >= 11 is 10.8. The molecule has 1 aromatic heterocycles. The SMILES string of the molecule is NS(=O)(=O)c1cc(Cl)c(C(F)F)c(Cl)n1. The van der Waals surface area contributed by atoms with Crippen LogP contribution in [0.4, 0.5) is 8.78 Å². The predicted molar refractivity (Wildman–Crippen MR) is 50.6 cm³/mol. The van der Waals surface area contributed by atoms with Crippen molar-refractivity contribution in [1.29, 1.82) is 0 Å². The number of primary sulfonamides is 1. The van der Waals surface area contributed by atoms with Crippen LogP contribution in [-0.4, -0.2) is 13.4 Å². The summed E-state index contributed by atoms with van der Waals surface area (Å²) in [7, 11) is -4.12. The molecule has 0 aliphatic carbocycles. The molecule has 0 fully saturated rings. The van der Waals surface area contributed by atoms with Crippen molar-refractivity contribution in [2.24, 2.45) is 5.14 Å². The Morgan fingerprint density at radius 1 is 1.40 bits per heavy atom. The summed E-state index contributed by atoms with van der Waals surface area (Å²) < 4.78 is 46.3. The molecule has 0 amide bonds. The molecular formula is C6H4Cl2F2N2O2S. The third kappa shape index (κ3) is 2.75. The quantitative estimate of drug-likeness (QED) is 0.840. The Morgan fingerprint density at radius 3 is 2.27 bits per heavy atom. The van der Waals surface area contributed by atoms with E-state index in [9.17, 15) is 17.2 Å². The molecule has 0 saturated heterocycles. The lowest BCUT2D eigenvalue weighted by Gasteiger charge is -2.06. The highest BCUT2D eigenvalue weighted by Crippen LogP contribution is 2.33. The molecule has 0 unspecified atom stereocenters. The first-order chi connectivity index (χ1) is 6.73. The highest BCUT2D eigenvalue weighted by molar-refractivity contribution is 7.89. The highest BCUT2D eigenvalue weighted by atomic mass is 35.5. The number of sulfonamides is 1. The maximum Gasteiger partial charge on any atom is 0.268 e. The summed E-state index contributed by atoms with van der Waals surface area (Å²) in [6, 6.07) is 0.726. The minimum Gasteiger partial charge on any atom is -0.223 e. The van der Waals surface area contributed by atoms with Gasteiger partial charge in [0.15, 0.2) is 5.03 Å². The second-order valence-electron chi connectivity index (χ2n) is 2.49. The van der Waals surface area contributed by atoms with Crippen LogP contribution in [-0.2, 0) is 10.0 Å². The molecular weight excluding hydrogens is 273 g/mol. The van der Waals surface area contributed by atoms with Crippen LogP contribution in [0.2, 0.25) is 10.2 Å². The number of rotatable bonds is 2. The van der Waals surface area contributed by atoms with Crippen LogP contribution in [0.25, 0.3) is 0 Å². The van der Waals surface area contributed by atoms with Crippen LogP contribution < -0.4 is 5.14 Å². The van der Waals surface area contributed by atoms with Gasteiger partial charge >= 0.3 is 0 Å². The van der Waals surface area contributed by atoms with Crippen LogP contribution in [0.1, 0.15) is 12.0 Å². The van der Waals surface area contributed by atoms with E-state index in [0.29, 0.717) is 0 Å². The molecule has 4 nitrogen and oxygen atoms in total. The Labute approximate surface area is 94.1 Å². The lowest BCUT2D eigenvalue weighted by molar-refractivity contribution is 0.151. The largest absolute Gasteiger partial charge is 0.268 e. The Hall–Kier alpha value is -0.500. The van der Waals surface area contributed by atoms with Gasteiger partial charge in [0.05, 0.1) is 10.6 Å². The lowest BCUT2D eigenvalue weighted by Crippen LogP contribution is -2.14. The van der Waals surface area contributed by atoms with Gasteiger partial charge in [0.2, 0.25) is 0 Å². The molecule has 84 valence electrons. The summed E-state index contributed by atoms with van der Waals surface area (Å²) in [6.45, 7) is 0. The van der Waals surface area contributed by atoms with Crippen molar-refractivity contribution in [1.82, 2.24) is 4.98 Å². The molecule has 0 aliphatic rings. The van der Waals surface area contributed by atoms with E-state index in [0.717, 1.165) is 6.07 Å². The molecule has 9 heteroatoms. The van der Waals surface area contributed by atoms with Gasteiger partial charge in [-0.3, -0.25) is 0 Å². The minimum absolute atomic E-state index is 0.492. The van der Waals surface area contributed by atoms with Crippen molar-refractivity contribution < 1.29 is 17.2 Å². The normalized spacial score (nSPS) is 12.1. The molecule has 0 aliphatic heterocycles. The molecule has 0 saturated carbocycles. The van der Waals surface area contributed by atoms with Gasteiger partial charge in [0.25, 0.3) is 16.4 Å². The predicted octanol–water partition coefficient (Wildman–Crippen LogP) is 1.97. The number of halogens is 4. The van der Waals surface area contributed by atoms with Gasteiger partial charge in [-0.2, -0.15) is 0 Å². The molecule has 0 spiro atoms. The lowest BCUT2D eigenvalue weighted by atomic mass is 10.3. The molecule has 0 atom stereocenters. The minimum atomic E-state index is -4.12. The van der Waals surface area contributed by atoms with Gasteiger partial charge < -0.3 is 0 Å². The van der Waals surface area contributed by atoms with Gasteiger partial charge in [0.1, 0.15) is 5.15 Å². The van der Waals surface area contributed by atoms with E-state index in [1.165, 1.54) is 0 Å². The molecule has 1 aromatic rings. The average Bonchev–Trinajstić information content (AvgIpc) is 1.99. The third-order valence-electron chi connectivity index (χ3n) is 1.45. The zero-order chi connectivity index (χ0) is 11.8. The maximum atomic E-state index is 12.3. The highest BCUT2D eigenvalue weighted by Gasteiger charge is 2.21. The van der Waals surface area contributed by atoms with Crippen LogP contribution in [0.3, 0.4) is 0 Å². The molecule has 0 aromatic carbocycles. The Kier molecular flexibility index (Phi) is 3.49. The fourth-order valence-corrected chi connectivity index (χ4v) is 2.03. The number of nitrogens with two attached hydrogens (primary N) is 1. The van der Waals surface area contributed by atoms with E-state index < -0.39 is 37.2 Å². The molecule has 1 rings (SSSR count). The first-order valence-electron chi connectivity index (χ1n) is 3.40. The molecule has 15 heavy (non-hydrogen) atoms. The summed E-state index contributed by atoms with van der Waals surface area (Å²) in [5.74, 6) is 0. The Balaban J connectivity index is 3.45. The van der Waals surface area contributed by atoms with Crippen molar-refractivity contribution >= 4 is 33.2 Å². The summed E-state index contributed by atoms with van der Waals surface area (Å²) in [4.78, 5) is 3.21. The van der Waals surface area contributed by atoms with Crippen LogP contribution in [0.15, 0.2) is 11.1 Å². The van der Waals surface area contributed by atoms with E-state index in [1.54, 1.807) is 0 Å². The Bertz CT molecular complexity index is 469. The standard InChI is InChI=1S/C6H4Cl2F2N2O2S/c7-2-1-3(15(11,13)14)12-5(8)4(2)6(9)10/h1,6H,(H2,11,13,14). The van der Waals surface area contributed by atoms with E-state index in [-0.39, 0.29) is 0 Å². The molecule has 1 heterocycles.